The van der Waals surface area contributed by atoms with E-state index in [4.69, 9.17) is 5.73 Å². The van der Waals surface area contributed by atoms with Crippen LogP contribution in [-0.2, 0) is 5.75 Å². The van der Waals surface area contributed by atoms with Crippen LogP contribution in [0, 0.1) is 17.0 Å². The van der Waals surface area contributed by atoms with Crippen LogP contribution in [0.2, 0.25) is 0 Å². The summed E-state index contributed by atoms with van der Waals surface area (Å²) in [5.41, 5.74) is 8.23. The van der Waals surface area contributed by atoms with E-state index in [1.165, 1.54) is 6.07 Å². The van der Waals surface area contributed by atoms with Gasteiger partial charge in [-0.3, -0.25) is 15.1 Å². The molecule has 2 N–H and O–H groups in total. The normalized spacial score (nSPS) is 10.4. The quantitative estimate of drug-likeness (QED) is 0.526. The molecule has 5 nitrogen and oxygen atoms in total. The number of rotatable bonds is 4. The molecule has 1 aromatic carbocycles. The van der Waals surface area contributed by atoms with E-state index in [1.807, 2.05) is 12.1 Å². The standard InChI is InChI=1S/C13H13N3O2S/c1-9-10(3-2-4-12(9)16(17)18)8-19-13-5-6-15-7-11(13)14/h2-7H,8,14H2,1H3. The van der Waals surface area contributed by atoms with Crippen molar-refractivity contribution in [2.24, 2.45) is 0 Å². The van der Waals surface area contributed by atoms with Crippen LogP contribution in [0.4, 0.5) is 11.4 Å². The Balaban J connectivity index is 2.19. The lowest BCUT2D eigenvalue weighted by atomic mass is 10.1. The maximum Gasteiger partial charge on any atom is 0.272 e. The van der Waals surface area contributed by atoms with Crippen molar-refractivity contribution in [1.82, 2.24) is 4.98 Å². The van der Waals surface area contributed by atoms with Crippen molar-refractivity contribution in [2.45, 2.75) is 17.6 Å². The minimum absolute atomic E-state index is 0.154. The highest BCUT2D eigenvalue weighted by Crippen LogP contribution is 2.30. The molecule has 0 saturated heterocycles. The molecule has 98 valence electrons. The molecule has 0 unspecified atom stereocenters. The summed E-state index contributed by atoms with van der Waals surface area (Å²) in [6.45, 7) is 1.77. The summed E-state index contributed by atoms with van der Waals surface area (Å²) in [5.74, 6) is 0.641. The first-order valence-corrected chi connectivity index (χ1v) is 6.63. The molecule has 0 aliphatic rings. The summed E-state index contributed by atoms with van der Waals surface area (Å²) in [6, 6.07) is 6.96. The smallest absolute Gasteiger partial charge is 0.272 e. The third kappa shape index (κ3) is 3.03. The van der Waals surface area contributed by atoms with E-state index in [1.54, 1.807) is 37.1 Å². The summed E-state index contributed by atoms with van der Waals surface area (Å²) in [4.78, 5) is 15.4. The van der Waals surface area contributed by atoms with Crippen LogP contribution in [0.1, 0.15) is 11.1 Å². The molecule has 1 heterocycles. The van der Waals surface area contributed by atoms with E-state index in [0.29, 0.717) is 17.0 Å². The van der Waals surface area contributed by atoms with E-state index >= 15 is 0 Å². The number of nitrogens with zero attached hydrogens (tertiary/aromatic N) is 2. The van der Waals surface area contributed by atoms with E-state index < -0.39 is 0 Å². The zero-order valence-electron chi connectivity index (χ0n) is 10.4. The van der Waals surface area contributed by atoms with Gasteiger partial charge in [-0.2, -0.15) is 0 Å². The molecule has 0 aliphatic heterocycles. The fourth-order valence-corrected chi connectivity index (χ4v) is 2.71. The Hall–Kier alpha value is -2.08. The monoisotopic (exact) mass is 275 g/mol. The van der Waals surface area contributed by atoms with Gasteiger partial charge in [0.05, 0.1) is 16.8 Å². The number of anilines is 1. The largest absolute Gasteiger partial charge is 0.397 e. The number of thioether (sulfide) groups is 1. The number of nitrogen functional groups attached to an aromatic ring is 1. The lowest BCUT2D eigenvalue weighted by Crippen LogP contribution is -1.96. The van der Waals surface area contributed by atoms with E-state index in [0.717, 1.165) is 10.5 Å². The Morgan fingerprint density at radius 2 is 2.21 bits per heavy atom. The number of aromatic nitrogens is 1. The summed E-state index contributed by atoms with van der Waals surface area (Å²) in [6.07, 6.45) is 3.28. The van der Waals surface area contributed by atoms with Crippen LogP contribution in [0.15, 0.2) is 41.6 Å². The molecule has 2 aromatic rings. The van der Waals surface area contributed by atoms with E-state index in [9.17, 15) is 10.1 Å². The van der Waals surface area contributed by atoms with Crippen LogP contribution in [0.25, 0.3) is 0 Å². The fraction of sp³-hybridized carbons (Fsp3) is 0.154. The number of nitro benzene ring substituents is 1. The number of nitrogens with two attached hydrogens (primary N) is 1. The Morgan fingerprint density at radius 3 is 2.89 bits per heavy atom. The van der Waals surface area contributed by atoms with Gasteiger partial charge in [-0.05, 0) is 18.6 Å². The minimum Gasteiger partial charge on any atom is -0.397 e. The van der Waals surface area contributed by atoms with Gasteiger partial charge in [0.15, 0.2) is 0 Å². The molecule has 6 heteroatoms. The van der Waals surface area contributed by atoms with Crippen LogP contribution < -0.4 is 5.73 Å². The lowest BCUT2D eigenvalue weighted by molar-refractivity contribution is -0.385. The molecule has 19 heavy (non-hydrogen) atoms. The molecule has 0 bridgehead atoms. The van der Waals surface area contributed by atoms with Crippen molar-refractivity contribution >= 4 is 23.1 Å². The van der Waals surface area contributed by atoms with Gasteiger partial charge in [-0.15, -0.1) is 11.8 Å². The van der Waals surface area contributed by atoms with Crippen molar-refractivity contribution in [2.75, 3.05) is 5.73 Å². The molecule has 0 atom stereocenters. The molecule has 0 saturated carbocycles. The van der Waals surface area contributed by atoms with Crippen LogP contribution in [0.5, 0.6) is 0 Å². The van der Waals surface area contributed by atoms with Crippen molar-refractivity contribution in [3.05, 3.63) is 57.9 Å². The summed E-state index contributed by atoms with van der Waals surface area (Å²) in [5, 5.41) is 10.9. The predicted octanol–water partition coefficient (Wildman–Crippen LogP) is 3.17. The SMILES string of the molecule is Cc1c(CSc2ccncc2N)cccc1[N+](=O)[O-]. The van der Waals surface area contributed by atoms with Gasteiger partial charge in [0.25, 0.3) is 5.69 Å². The van der Waals surface area contributed by atoms with Crippen molar-refractivity contribution < 1.29 is 4.92 Å². The third-order valence-corrected chi connectivity index (χ3v) is 3.95. The lowest BCUT2D eigenvalue weighted by Gasteiger charge is -2.07. The Kier molecular flexibility index (Phi) is 4.01. The second-order valence-electron chi connectivity index (χ2n) is 4.02. The zero-order chi connectivity index (χ0) is 13.8. The minimum atomic E-state index is -0.357. The summed E-state index contributed by atoms with van der Waals surface area (Å²) >= 11 is 1.55. The molecule has 0 radical (unpaired) electrons. The number of nitro groups is 1. The van der Waals surface area contributed by atoms with E-state index in [2.05, 4.69) is 4.98 Å². The first-order chi connectivity index (χ1) is 9.09. The van der Waals surface area contributed by atoms with Crippen molar-refractivity contribution in [3.8, 4) is 0 Å². The topological polar surface area (TPSA) is 82.0 Å². The first-order valence-electron chi connectivity index (χ1n) is 5.64. The van der Waals surface area contributed by atoms with Gasteiger partial charge in [0.1, 0.15) is 0 Å². The zero-order valence-corrected chi connectivity index (χ0v) is 11.2. The van der Waals surface area contributed by atoms with Crippen molar-refractivity contribution in [1.29, 1.82) is 0 Å². The van der Waals surface area contributed by atoms with Gasteiger partial charge < -0.3 is 5.73 Å². The Bertz CT molecular complexity index is 617. The first kappa shape index (κ1) is 13.4. The molecule has 0 spiro atoms. The summed E-state index contributed by atoms with van der Waals surface area (Å²) < 4.78 is 0. The maximum atomic E-state index is 10.9. The number of pyridine rings is 1. The highest BCUT2D eigenvalue weighted by Gasteiger charge is 2.13. The average Bonchev–Trinajstić information content (AvgIpc) is 2.39. The Morgan fingerprint density at radius 1 is 1.42 bits per heavy atom. The number of hydrogen-bond acceptors (Lipinski definition) is 5. The van der Waals surface area contributed by atoms with Gasteiger partial charge in [-0.1, -0.05) is 12.1 Å². The van der Waals surface area contributed by atoms with E-state index in [-0.39, 0.29) is 10.6 Å². The van der Waals surface area contributed by atoms with Gasteiger partial charge in [0.2, 0.25) is 0 Å². The second kappa shape index (κ2) is 5.71. The second-order valence-corrected chi connectivity index (χ2v) is 5.04. The number of benzene rings is 1. The molecule has 0 aliphatic carbocycles. The maximum absolute atomic E-state index is 10.9. The number of hydrogen-bond donors (Lipinski definition) is 1. The predicted molar refractivity (Wildman–Crippen MR) is 76.0 cm³/mol. The molecule has 2 rings (SSSR count). The molecule has 0 amide bonds. The van der Waals surface area contributed by atoms with Gasteiger partial charge in [0, 0.05) is 28.5 Å². The molecule has 0 fully saturated rings. The summed E-state index contributed by atoms with van der Waals surface area (Å²) in [7, 11) is 0. The molecule has 1 aromatic heterocycles. The average molecular weight is 275 g/mol. The fourth-order valence-electron chi connectivity index (χ4n) is 1.70. The highest BCUT2D eigenvalue weighted by atomic mass is 32.2. The van der Waals surface area contributed by atoms with Crippen LogP contribution >= 0.6 is 11.8 Å². The van der Waals surface area contributed by atoms with Crippen molar-refractivity contribution in [3.63, 3.8) is 0 Å². The third-order valence-electron chi connectivity index (χ3n) is 2.81. The molecular weight excluding hydrogens is 262 g/mol. The van der Waals surface area contributed by atoms with Crippen LogP contribution in [0.3, 0.4) is 0 Å². The van der Waals surface area contributed by atoms with Gasteiger partial charge >= 0.3 is 0 Å². The van der Waals surface area contributed by atoms with Gasteiger partial charge in [-0.25, -0.2) is 0 Å². The Labute approximate surface area is 115 Å². The highest BCUT2D eigenvalue weighted by molar-refractivity contribution is 7.98. The van der Waals surface area contributed by atoms with Crippen LogP contribution in [-0.4, -0.2) is 9.91 Å². The molecular formula is C13H13N3O2S.